The zero-order valence-electron chi connectivity index (χ0n) is 10.7. The molecule has 2 unspecified atom stereocenters. The van der Waals surface area contributed by atoms with Gasteiger partial charge in [0.05, 0.1) is 10.9 Å². The van der Waals surface area contributed by atoms with Crippen LogP contribution in [0.1, 0.15) is 35.9 Å². The summed E-state index contributed by atoms with van der Waals surface area (Å²) in [5.41, 5.74) is -1.07. The minimum absolute atomic E-state index is 0.168. The van der Waals surface area contributed by atoms with Crippen molar-refractivity contribution in [2.24, 2.45) is 0 Å². The third-order valence-corrected chi connectivity index (χ3v) is 4.77. The van der Waals surface area contributed by atoms with Crippen LogP contribution in [0.3, 0.4) is 0 Å². The Hall–Kier alpha value is -1.08. The van der Waals surface area contributed by atoms with E-state index >= 15 is 0 Å². The van der Waals surface area contributed by atoms with Gasteiger partial charge in [-0.15, -0.1) is 0 Å². The summed E-state index contributed by atoms with van der Waals surface area (Å²) in [5, 5.41) is 10.2. The van der Waals surface area contributed by atoms with Crippen molar-refractivity contribution in [2.45, 2.75) is 36.6 Å². The number of carbonyl (C=O) groups excluding carboxylic acids is 1. The Kier molecular flexibility index (Phi) is 3.62. The first-order valence-electron chi connectivity index (χ1n) is 5.80. The third kappa shape index (κ3) is 2.56. The molecule has 0 radical (unpaired) electrons. The number of rotatable bonds is 1. The van der Waals surface area contributed by atoms with Crippen LogP contribution in [0.5, 0.6) is 5.75 Å². The standard InChI is InChI=1S/C13H12BrF3O3/c1-12(2)10(14)9(18)7-5-6(3-4-8(7)20-12)11(19)13(15,16)17/h3-5,9-10,18H,1-2H3. The number of carbonyl (C=O) groups is 1. The van der Waals surface area contributed by atoms with Crippen LogP contribution in [-0.4, -0.2) is 27.5 Å². The molecule has 0 saturated heterocycles. The molecule has 0 fully saturated rings. The normalized spacial score (nSPS) is 24.8. The van der Waals surface area contributed by atoms with Crippen LogP contribution in [0.15, 0.2) is 18.2 Å². The molecule has 0 amide bonds. The number of fused-ring (bicyclic) bond motifs is 1. The molecule has 7 heteroatoms. The van der Waals surface area contributed by atoms with E-state index < -0.39 is 34.1 Å². The Balaban J connectivity index is 2.46. The molecule has 110 valence electrons. The highest BCUT2D eigenvalue weighted by Gasteiger charge is 2.43. The lowest BCUT2D eigenvalue weighted by molar-refractivity contribution is -0.0885. The lowest BCUT2D eigenvalue weighted by Crippen LogP contribution is -2.45. The van der Waals surface area contributed by atoms with Crippen LogP contribution < -0.4 is 4.74 Å². The van der Waals surface area contributed by atoms with E-state index in [0.29, 0.717) is 0 Å². The van der Waals surface area contributed by atoms with Crippen molar-refractivity contribution >= 4 is 21.7 Å². The highest BCUT2D eigenvalue weighted by Crippen LogP contribution is 2.43. The number of hydrogen-bond acceptors (Lipinski definition) is 3. The van der Waals surface area contributed by atoms with Gasteiger partial charge in [-0.25, -0.2) is 0 Å². The van der Waals surface area contributed by atoms with Crippen molar-refractivity contribution in [3.05, 3.63) is 29.3 Å². The molecule has 1 N–H and O–H groups in total. The fourth-order valence-corrected chi connectivity index (χ4v) is 2.43. The molecule has 0 spiro atoms. The van der Waals surface area contributed by atoms with Gasteiger partial charge in [-0.05, 0) is 32.0 Å². The van der Waals surface area contributed by atoms with E-state index in [2.05, 4.69) is 15.9 Å². The molecule has 0 aliphatic carbocycles. The topological polar surface area (TPSA) is 46.5 Å². The largest absolute Gasteiger partial charge is 0.486 e. The van der Waals surface area contributed by atoms with E-state index in [-0.39, 0.29) is 11.3 Å². The fourth-order valence-electron chi connectivity index (χ4n) is 2.05. The smallest absolute Gasteiger partial charge is 0.454 e. The van der Waals surface area contributed by atoms with Gasteiger partial charge in [0.2, 0.25) is 0 Å². The minimum atomic E-state index is -4.94. The van der Waals surface area contributed by atoms with Crippen LogP contribution >= 0.6 is 15.9 Å². The number of alkyl halides is 4. The Labute approximate surface area is 121 Å². The lowest BCUT2D eigenvalue weighted by Gasteiger charge is -2.40. The first kappa shape index (κ1) is 15.3. The van der Waals surface area contributed by atoms with Crippen molar-refractivity contribution in [3.8, 4) is 5.75 Å². The predicted molar refractivity (Wildman–Crippen MR) is 69.2 cm³/mol. The van der Waals surface area contributed by atoms with Gasteiger partial charge >= 0.3 is 6.18 Å². The second-order valence-corrected chi connectivity index (χ2v) is 6.12. The molecule has 3 nitrogen and oxygen atoms in total. The van der Waals surface area contributed by atoms with Crippen molar-refractivity contribution in [2.75, 3.05) is 0 Å². The lowest BCUT2D eigenvalue weighted by atomic mass is 9.90. The van der Waals surface area contributed by atoms with Gasteiger partial charge < -0.3 is 9.84 Å². The predicted octanol–water partition coefficient (Wildman–Crippen LogP) is 3.40. The summed E-state index contributed by atoms with van der Waals surface area (Å²) in [4.78, 5) is 10.7. The Bertz CT molecular complexity index is 554. The molecule has 1 heterocycles. The Morgan fingerprint density at radius 1 is 1.40 bits per heavy atom. The molecule has 1 aromatic carbocycles. The van der Waals surface area contributed by atoms with E-state index in [1.165, 1.54) is 6.07 Å². The average molecular weight is 353 g/mol. The molecule has 0 saturated carbocycles. The Morgan fingerprint density at radius 2 is 2.00 bits per heavy atom. The monoisotopic (exact) mass is 352 g/mol. The summed E-state index contributed by atoms with van der Waals surface area (Å²) in [5.74, 6) is -1.67. The van der Waals surface area contributed by atoms with Gasteiger partial charge in [0, 0.05) is 11.1 Å². The summed E-state index contributed by atoms with van der Waals surface area (Å²) in [7, 11) is 0. The van der Waals surface area contributed by atoms with Crippen LogP contribution in [0, 0.1) is 0 Å². The number of benzene rings is 1. The molecule has 1 aliphatic heterocycles. The number of Topliss-reactive ketones (excluding diaryl/α,β-unsaturated/α-hetero) is 1. The number of aliphatic hydroxyl groups is 1. The van der Waals surface area contributed by atoms with Crippen molar-refractivity contribution in [1.29, 1.82) is 0 Å². The maximum absolute atomic E-state index is 12.4. The first-order chi connectivity index (χ1) is 9.04. The number of ketones is 1. The van der Waals surface area contributed by atoms with Crippen LogP contribution in [0.4, 0.5) is 13.2 Å². The second-order valence-electron chi connectivity index (χ2n) is 5.13. The van der Waals surface area contributed by atoms with Gasteiger partial charge in [-0.1, -0.05) is 15.9 Å². The molecule has 1 aromatic rings. The third-order valence-electron chi connectivity index (χ3n) is 3.16. The number of hydrogen-bond donors (Lipinski definition) is 1. The number of halogens is 4. The summed E-state index contributed by atoms with van der Waals surface area (Å²) in [6.07, 6.45) is -6.00. The number of aliphatic hydroxyl groups excluding tert-OH is 1. The molecule has 20 heavy (non-hydrogen) atoms. The van der Waals surface area contributed by atoms with Crippen LogP contribution in [0.2, 0.25) is 0 Å². The summed E-state index contributed by atoms with van der Waals surface area (Å²) >= 11 is 3.26. The van der Waals surface area contributed by atoms with Gasteiger partial charge in [0.15, 0.2) is 0 Å². The maximum atomic E-state index is 12.4. The summed E-state index contributed by atoms with van der Waals surface area (Å²) < 4.78 is 42.9. The van der Waals surface area contributed by atoms with E-state index in [1.54, 1.807) is 13.8 Å². The molecular weight excluding hydrogens is 341 g/mol. The second kappa shape index (κ2) is 4.73. The minimum Gasteiger partial charge on any atom is -0.486 e. The van der Waals surface area contributed by atoms with Crippen LogP contribution in [-0.2, 0) is 0 Å². The SMILES string of the molecule is CC1(C)Oc2ccc(C(=O)C(F)(F)F)cc2C(O)C1Br. The summed E-state index contributed by atoms with van der Waals surface area (Å²) in [6, 6.07) is 3.35. The molecule has 2 rings (SSSR count). The van der Waals surface area contributed by atoms with Gasteiger partial charge in [-0.2, -0.15) is 13.2 Å². The Morgan fingerprint density at radius 3 is 2.55 bits per heavy atom. The molecule has 0 aromatic heterocycles. The average Bonchev–Trinajstić information content (AvgIpc) is 2.33. The molecule has 2 atom stereocenters. The van der Waals surface area contributed by atoms with Gasteiger partial charge in [0.25, 0.3) is 5.78 Å². The van der Waals surface area contributed by atoms with Crippen molar-refractivity contribution < 1.29 is 27.8 Å². The van der Waals surface area contributed by atoms with Crippen molar-refractivity contribution in [3.63, 3.8) is 0 Å². The first-order valence-corrected chi connectivity index (χ1v) is 6.72. The molecule has 0 bridgehead atoms. The van der Waals surface area contributed by atoms with E-state index in [0.717, 1.165) is 12.1 Å². The highest BCUT2D eigenvalue weighted by molar-refractivity contribution is 9.09. The fraction of sp³-hybridized carbons (Fsp3) is 0.462. The van der Waals surface area contributed by atoms with E-state index in [4.69, 9.17) is 4.74 Å². The van der Waals surface area contributed by atoms with E-state index in [9.17, 15) is 23.1 Å². The van der Waals surface area contributed by atoms with Gasteiger partial charge in [-0.3, -0.25) is 4.79 Å². The number of ether oxygens (including phenoxy) is 1. The zero-order chi connectivity index (χ0) is 15.3. The van der Waals surface area contributed by atoms with Gasteiger partial charge in [0.1, 0.15) is 11.4 Å². The zero-order valence-corrected chi connectivity index (χ0v) is 12.2. The van der Waals surface area contributed by atoms with E-state index in [1.807, 2.05) is 0 Å². The van der Waals surface area contributed by atoms with Crippen LogP contribution in [0.25, 0.3) is 0 Å². The summed E-state index contributed by atoms with van der Waals surface area (Å²) in [6.45, 7) is 3.49. The highest BCUT2D eigenvalue weighted by atomic mass is 79.9. The quantitative estimate of drug-likeness (QED) is 0.622. The molecular formula is C13H12BrF3O3. The molecule has 1 aliphatic rings. The maximum Gasteiger partial charge on any atom is 0.454 e. The van der Waals surface area contributed by atoms with Crippen molar-refractivity contribution in [1.82, 2.24) is 0 Å².